The van der Waals surface area contributed by atoms with Gasteiger partial charge in [0.25, 0.3) is 0 Å². The maximum atomic E-state index is 13.6. The summed E-state index contributed by atoms with van der Waals surface area (Å²) in [5.74, 6) is 2.56. The molecule has 1 saturated heterocycles. The number of hydrogen-bond donors (Lipinski definition) is 1. The third-order valence-corrected chi connectivity index (χ3v) is 13.8. The SMILES string of the molecule is C[C@H]1[C@H](C)CC[C@@]23CC[C@@]4(C)[C@]5(C)CC[C@H]6C(C)(C)[C@@H](O)CC[C@]6(C)[C@H]5C=C[C@@]4(OC2=O)[C@H]13. The molecule has 6 rings (SSSR count). The molecule has 0 unspecified atom stereocenters. The van der Waals surface area contributed by atoms with Crippen molar-refractivity contribution in [1.82, 2.24) is 0 Å². The highest BCUT2D eigenvalue weighted by atomic mass is 16.6. The molecule has 0 aromatic heterocycles. The van der Waals surface area contributed by atoms with Crippen molar-refractivity contribution < 1.29 is 14.6 Å². The van der Waals surface area contributed by atoms with E-state index in [1.165, 1.54) is 6.42 Å². The van der Waals surface area contributed by atoms with Crippen LogP contribution < -0.4 is 0 Å². The molecule has 0 aromatic rings. The van der Waals surface area contributed by atoms with Crippen molar-refractivity contribution in [3.63, 3.8) is 0 Å². The number of carbonyl (C=O) groups excluding carboxylic acids is 1. The molecular weight excluding hydrogens is 408 g/mol. The fourth-order valence-corrected chi connectivity index (χ4v) is 11.4. The van der Waals surface area contributed by atoms with E-state index < -0.39 is 5.60 Å². The van der Waals surface area contributed by atoms with Gasteiger partial charge in [0.2, 0.25) is 0 Å². The minimum absolute atomic E-state index is 0.0424. The fourth-order valence-electron chi connectivity index (χ4n) is 11.4. The summed E-state index contributed by atoms with van der Waals surface area (Å²) in [5.41, 5.74) is -0.514. The molecule has 5 fully saturated rings. The zero-order chi connectivity index (χ0) is 23.8. The van der Waals surface area contributed by atoms with Gasteiger partial charge in [-0.1, -0.05) is 54.5 Å². The standard InChI is InChI=1S/C30H46O3/c1-18-8-14-29-17-16-28(7)27(6)13-9-20-25(3,4)22(31)11-12-26(20,5)21(27)10-15-30(28,33-24(29)32)23(29)19(18)2/h10,15,18-23,31H,8-9,11-14,16-17H2,1-7H3/t18-,19+,20+,21-,22+,23-,26+,27-,28+,29+,30-/m1/s1. The molecule has 0 radical (unpaired) electrons. The van der Waals surface area contributed by atoms with Crippen molar-refractivity contribution in [1.29, 1.82) is 0 Å². The number of esters is 1. The Morgan fingerprint density at radius 3 is 2.39 bits per heavy atom. The minimum Gasteiger partial charge on any atom is -0.453 e. The molecule has 4 saturated carbocycles. The summed E-state index contributed by atoms with van der Waals surface area (Å²) in [6, 6.07) is 0. The van der Waals surface area contributed by atoms with Gasteiger partial charge in [-0.15, -0.1) is 0 Å². The van der Waals surface area contributed by atoms with Crippen molar-refractivity contribution in [3.05, 3.63) is 12.2 Å². The Hall–Kier alpha value is -0.830. The maximum Gasteiger partial charge on any atom is 0.313 e. The second-order valence-corrected chi connectivity index (χ2v) is 14.8. The van der Waals surface area contributed by atoms with Crippen molar-refractivity contribution in [2.24, 2.45) is 56.7 Å². The highest BCUT2D eigenvalue weighted by Crippen LogP contribution is 2.79. The predicted molar refractivity (Wildman–Crippen MR) is 130 cm³/mol. The van der Waals surface area contributed by atoms with Crippen molar-refractivity contribution in [2.75, 3.05) is 0 Å². The lowest BCUT2D eigenvalue weighted by Gasteiger charge is -2.72. The number of aliphatic hydroxyl groups excluding tert-OH is 1. The van der Waals surface area contributed by atoms with Crippen LogP contribution in [0.5, 0.6) is 0 Å². The van der Waals surface area contributed by atoms with Crippen LogP contribution in [0, 0.1) is 56.7 Å². The van der Waals surface area contributed by atoms with E-state index in [1.54, 1.807) is 0 Å². The van der Waals surface area contributed by atoms with Gasteiger partial charge in [0.1, 0.15) is 5.60 Å². The summed E-state index contributed by atoms with van der Waals surface area (Å²) in [7, 11) is 0. The largest absolute Gasteiger partial charge is 0.453 e. The molecule has 1 heterocycles. The molecule has 1 spiro atoms. The Kier molecular flexibility index (Phi) is 4.31. The number of carbonyl (C=O) groups is 1. The first-order chi connectivity index (χ1) is 15.3. The van der Waals surface area contributed by atoms with Crippen LogP contribution in [0.1, 0.15) is 99.8 Å². The number of allylic oxidation sites excluding steroid dienone is 1. The molecule has 11 atom stereocenters. The maximum absolute atomic E-state index is 13.6. The molecule has 3 nitrogen and oxygen atoms in total. The lowest BCUT2D eigenvalue weighted by atomic mass is 9.32. The molecule has 2 bridgehead atoms. The molecule has 0 amide bonds. The third kappa shape index (κ3) is 2.23. The molecule has 184 valence electrons. The van der Waals surface area contributed by atoms with Gasteiger partial charge >= 0.3 is 5.97 Å². The summed E-state index contributed by atoms with van der Waals surface area (Å²) >= 11 is 0. The van der Waals surface area contributed by atoms with Crippen LogP contribution in [0.3, 0.4) is 0 Å². The quantitative estimate of drug-likeness (QED) is 0.334. The molecule has 33 heavy (non-hydrogen) atoms. The number of ether oxygens (including phenoxy) is 1. The topological polar surface area (TPSA) is 46.5 Å². The van der Waals surface area contributed by atoms with Gasteiger partial charge in [0, 0.05) is 11.3 Å². The second kappa shape index (κ2) is 6.29. The summed E-state index contributed by atoms with van der Waals surface area (Å²) in [6.07, 6.45) is 13.4. The van der Waals surface area contributed by atoms with Crippen LogP contribution in [0.4, 0.5) is 0 Å². The molecular formula is C30H46O3. The Morgan fingerprint density at radius 1 is 0.939 bits per heavy atom. The monoisotopic (exact) mass is 454 g/mol. The van der Waals surface area contributed by atoms with Crippen LogP contribution in [0.15, 0.2) is 12.2 Å². The molecule has 5 aliphatic carbocycles. The van der Waals surface area contributed by atoms with Crippen LogP contribution in [0.25, 0.3) is 0 Å². The number of hydrogen-bond acceptors (Lipinski definition) is 3. The zero-order valence-corrected chi connectivity index (χ0v) is 22.0. The van der Waals surface area contributed by atoms with Gasteiger partial charge in [-0.25, -0.2) is 0 Å². The van der Waals surface area contributed by atoms with E-state index in [9.17, 15) is 9.90 Å². The van der Waals surface area contributed by atoms with Gasteiger partial charge in [-0.2, -0.15) is 0 Å². The zero-order valence-electron chi connectivity index (χ0n) is 22.0. The Balaban J connectivity index is 1.52. The second-order valence-electron chi connectivity index (χ2n) is 14.8. The normalized spacial score (nSPS) is 60.8. The summed E-state index contributed by atoms with van der Waals surface area (Å²) in [4.78, 5) is 13.6. The Bertz CT molecular complexity index is 922. The molecule has 1 aliphatic heterocycles. The number of aliphatic hydroxyl groups is 1. The first kappa shape index (κ1) is 22.6. The smallest absolute Gasteiger partial charge is 0.313 e. The number of rotatable bonds is 0. The van der Waals surface area contributed by atoms with E-state index in [4.69, 9.17) is 4.74 Å². The highest BCUT2D eigenvalue weighted by Gasteiger charge is 2.80. The van der Waals surface area contributed by atoms with E-state index in [0.29, 0.717) is 29.6 Å². The van der Waals surface area contributed by atoms with Gasteiger partial charge in [-0.3, -0.25) is 4.79 Å². The average Bonchev–Trinajstić information content (AvgIpc) is 2.95. The van der Waals surface area contributed by atoms with Crippen molar-refractivity contribution in [3.8, 4) is 0 Å². The van der Waals surface area contributed by atoms with Crippen molar-refractivity contribution >= 4 is 5.97 Å². The molecule has 1 N–H and O–H groups in total. The summed E-state index contributed by atoms with van der Waals surface area (Å²) in [5, 5.41) is 10.9. The van der Waals surface area contributed by atoms with Gasteiger partial charge in [0.15, 0.2) is 0 Å². The predicted octanol–water partition coefficient (Wildman–Crippen LogP) is 6.54. The van der Waals surface area contributed by atoms with Gasteiger partial charge in [-0.05, 0) is 97.4 Å². The third-order valence-electron chi connectivity index (χ3n) is 13.8. The van der Waals surface area contributed by atoms with Gasteiger partial charge in [0.05, 0.1) is 11.5 Å². The minimum atomic E-state index is -0.450. The van der Waals surface area contributed by atoms with Crippen LogP contribution in [-0.4, -0.2) is 22.8 Å². The van der Waals surface area contributed by atoms with E-state index in [-0.39, 0.29) is 39.1 Å². The van der Waals surface area contributed by atoms with Crippen LogP contribution in [0.2, 0.25) is 0 Å². The number of fused-ring (bicyclic) bond motifs is 4. The Labute approximate surface area is 201 Å². The van der Waals surface area contributed by atoms with Gasteiger partial charge < -0.3 is 9.84 Å². The van der Waals surface area contributed by atoms with E-state index in [1.807, 2.05) is 0 Å². The van der Waals surface area contributed by atoms with Crippen LogP contribution in [-0.2, 0) is 9.53 Å². The first-order valence-electron chi connectivity index (χ1n) is 13.9. The van der Waals surface area contributed by atoms with E-state index in [0.717, 1.165) is 44.9 Å². The molecule has 0 aromatic carbocycles. The van der Waals surface area contributed by atoms with Crippen LogP contribution >= 0.6 is 0 Å². The lowest BCUT2D eigenvalue weighted by Crippen LogP contribution is -2.71. The summed E-state index contributed by atoms with van der Waals surface area (Å²) < 4.78 is 6.71. The average molecular weight is 455 g/mol. The van der Waals surface area contributed by atoms with Crippen molar-refractivity contribution in [2.45, 2.75) is 112 Å². The van der Waals surface area contributed by atoms with E-state index >= 15 is 0 Å². The van der Waals surface area contributed by atoms with E-state index in [2.05, 4.69) is 60.6 Å². The highest BCUT2D eigenvalue weighted by molar-refractivity contribution is 5.82. The molecule has 6 aliphatic rings. The molecule has 3 heteroatoms. The summed E-state index contributed by atoms with van der Waals surface area (Å²) in [6.45, 7) is 17.0. The lowest BCUT2D eigenvalue weighted by molar-refractivity contribution is -0.245. The first-order valence-corrected chi connectivity index (χ1v) is 13.9. The Morgan fingerprint density at radius 2 is 1.67 bits per heavy atom. The fraction of sp³-hybridized carbons (Fsp3) is 0.900.